The molecule has 1 atom stereocenters. The third-order valence-electron chi connectivity index (χ3n) is 4.12. The van der Waals surface area contributed by atoms with Gasteiger partial charge in [0.1, 0.15) is 6.04 Å². The van der Waals surface area contributed by atoms with Crippen LogP contribution in [0.2, 0.25) is 0 Å². The molecule has 5 heteroatoms. The molecule has 108 valence electrons. The van der Waals surface area contributed by atoms with Crippen molar-refractivity contribution < 1.29 is 14.3 Å². The minimum absolute atomic E-state index is 0.305. The van der Waals surface area contributed by atoms with Crippen LogP contribution in [-0.4, -0.2) is 42.9 Å². The maximum absolute atomic E-state index is 11.8. The smallest absolute Gasteiger partial charge is 0.239 e. The quantitative estimate of drug-likeness (QED) is 0.896. The number of amides is 1. The molecule has 3 rings (SSSR count). The second-order valence-corrected chi connectivity index (χ2v) is 5.36. The molecule has 0 aliphatic carbocycles. The van der Waals surface area contributed by atoms with Crippen molar-refractivity contribution in [3.8, 4) is 0 Å². The molecular weight excluding hydrogens is 256 g/mol. The number of piperidine rings is 1. The van der Waals surface area contributed by atoms with Gasteiger partial charge in [0.25, 0.3) is 0 Å². The van der Waals surface area contributed by atoms with E-state index in [0.29, 0.717) is 13.2 Å². The van der Waals surface area contributed by atoms with E-state index in [1.54, 1.807) is 0 Å². The molecule has 0 bridgehead atoms. The molecular formula is C15H20N2O3. The summed E-state index contributed by atoms with van der Waals surface area (Å²) in [6.07, 6.45) is 1.56. The number of benzene rings is 1. The highest BCUT2D eigenvalue weighted by Crippen LogP contribution is 2.34. The first kappa shape index (κ1) is 13.5. The topological polar surface area (TPSA) is 64.8 Å². The van der Waals surface area contributed by atoms with E-state index in [0.717, 1.165) is 31.5 Å². The zero-order valence-electron chi connectivity index (χ0n) is 11.5. The summed E-state index contributed by atoms with van der Waals surface area (Å²) in [5, 5.41) is 0. The number of primary amides is 1. The monoisotopic (exact) mass is 276 g/mol. The SMILES string of the molecule is NC(=O)[C@H](c1ccccc1)N1CCC2(CC1)OCCO2. The van der Waals surface area contributed by atoms with Gasteiger partial charge in [-0.25, -0.2) is 0 Å². The Balaban J connectivity index is 1.73. The third-order valence-corrected chi connectivity index (χ3v) is 4.12. The van der Waals surface area contributed by atoms with Crippen LogP contribution >= 0.6 is 0 Å². The minimum Gasteiger partial charge on any atom is -0.368 e. The lowest BCUT2D eigenvalue weighted by atomic mass is 9.98. The molecule has 0 radical (unpaired) electrons. The van der Waals surface area contributed by atoms with Gasteiger partial charge in [0.15, 0.2) is 5.79 Å². The molecule has 2 heterocycles. The van der Waals surface area contributed by atoms with Gasteiger partial charge >= 0.3 is 0 Å². The predicted octanol–water partition coefficient (Wildman–Crippen LogP) is 1.05. The van der Waals surface area contributed by atoms with Crippen LogP contribution in [0.5, 0.6) is 0 Å². The Hall–Kier alpha value is -1.43. The van der Waals surface area contributed by atoms with Gasteiger partial charge < -0.3 is 15.2 Å². The molecule has 2 fully saturated rings. The fourth-order valence-corrected chi connectivity index (χ4v) is 3.10. The van der Waals surface area contributed by atoms with Gasteiger partial charge in [0.05, 0.1) is 13.2 Å². The van der Waals surface area contributed by atoms with Gasteiger partial charge in [-0.05, 0) is 5.56 Å². The van der Waals surface area contributed by atoms with Crippen LogP contribution in [0.1, 0.15) is 24.4 Å². The molecule has 5 nitrogen and oxygen atoms in total. The number of nitrogens with zero attached hydrogens (tertiary/aromatic N) is 1. The van der Waals surface area contributed by atoms with Crippen LogP contribution in [0, 0.1) is 0 Å². The number of hydrogen-bond acceptors (Lipinski definition) is 4. The van der Waals surface area contributed by atoms with Crippen molar-refractivity contribution in [1.82, 2.24) is 4.90 Å². The first-order valence-electron chi connectivity index (χ1n) is 7.06. The summed E-state index contributed by atoms with van der Waals surface area (Å²) in [5.74, 6) is -0.726. The van der Waals surface area contributed by atoms with E-state index in [1.165, 1.54) is 0 Å². The second-order valence-electron chi connectivity index (χ2n) is 5.36. The number of nitrogens with two attached hydrogens (primary N) is 1. The van der Waals surface area contributed by atoms with E-state index in [9.17, 15) is 4.79 Å². The van der Waals surface area contributed by atoms with E-state index in [1.807, 2.05) is 30.3 Å². The van der Waals surface area contributed by atoms with Crippen molar-refractivity contribution in [2.75, 3.05) is 26.3 Å². The predicted molar refractivity (Wildman–Crippen MR) is 73.8 cm³/mol. The van der Waals surface area contributed by atoms with Crippen LogP contribution in [0.15, 0.2) is 30.3 Å². The maximum atomic E-state index is 11.8. The van der Waals surface area contributed by atoms with Crippen LogP contribution in [0.25, 0.3) is 0 Å². The molecule has 1 spiro atoms. The summed E-state index contributed by atoms with van der Waals surface area (Å²) in [6.45, 7) is 2.83. The van der Waals surface area contributed by atoms with Crippen LogP contribution in [-0.2, 0) is 14.3 Å². The van der Waals surface area contributed by atoms with Crippen LogP contribution in [0.3, 0.4) is 0 Å². The standard InChI is InChI=1S/C15H20N2O3/c16-14(18)13(12-4-2-1-3-5-12)17-8-6-15(7-9-17)19-10-11-20-15/h1-5,13H,6-11H2,(H2,16,18)/t13-/m0/s1. The summed E-state index contributed by atoms with van der Waals surface area (Å²) in [6, 6.07) is 9.33. The lowest BCUT2D eigenvalue weighted by molar-refractivity contribution is -0.188. The minimum atomic E-state index is -0.421. The van der Waals surface area contributed by atoms with Gasteiger partial charge in [-0.2, -0.15) is 0 Å². The molecule has 1 aromatic rings. The van der Waals surface area contributed by atoms with E-state index in [4.69, 9.17) is 15.2 Å². The average Bonchev–Trinajstić information content (AvgIpc) is 2.91. The lowest BCUT2D eigenvalue weighted by Crippen LogP contribution is -2.48. The van der Waals surface area contributed by atoms with E-state index in [2.05, 4.69) is 4.90 Å². The average molecular weight is 276 g/mol. The van der Waals surface area contributed by atoms with Gasteiger partial charge in [-0.3, -0.25) is 9.69 Å². The highest BCUT2D eigenvalue weighted by Gasteiger charge is 2.42. The number of rotatable bonds is 3. The molecule has 2 aliphatic rings. The van der Waals surface area contributed by atoms with Gasteiger partial charge in [-0.1, -0.05) is 30.3 Å². The van der Waals surface area contributed by atoms with Gasteiger partial charge in [0.2, 0.25) is 5.91 Å². The molecule has 1 aromatic carbocycles. The second kappa shape index (κ2) is 5.52. The van der Waals surface area contributed by atoms with Gasteiger partial charge in [0, 0.05) is 25.9 Å². The zero-order valence-corrected chi connectivity index (χ0v) is 11.5. The molecule has 0 unspecified atom stereocenters. The Morgan fingerprint density at radius 2 is 1.75 bits per heavy atom. The zero-order chi connectivity index (χ0) is 14.0. The van der Waals surface area contributed by atoms with Crippen molar-refractivity contribution in [2.45, 2.75) is 24.7 Å². The molecule has 2 aliphatic heterocycles. The Kier molecular flexibility index (Phi) is 3.74. The summed E-state index contributed by atoms with van der Waals surface area (Å²) in [5.41, 5.74) is 6.55. The Morgan fingerprint density at radius 3 is 2.30 bits per heavy atom. The third kappa shape index (κ3) is 2.57. The van der Waals surface area contributed by atoms with Crippen LogP contribution in [0.4, 0.5) is 0 Å². The highest BCUT2D eigenvalue weighted by atomic mass is 16.7. The summed E-state index contributed by atoms with van der Waals surface area (Å²) < 4.78 is 11.4. The number of carbonyl (C=O) groups excluding carboxylic acids is 1. The first-order chi connectivity index (χ1) is 9.70. The number of carbonyl (C=O) groups is 1. The first-order valence-corrected chi connectivity index (χ1v) is 7.06. The summed E-state index contributed by atoms with van der Waals surface area (Å²) in [4.78, 5) is 13.9. The summed E-state index contributed by atoms with van der Waals surface area (Å²) in [7, 11) is 0. The van der Waals surface area contributed by atoms with E-state index >= 15 is 0 Å². The Labute approximate surface area is 118 Å². The highest BCUT2D eigenvalue weighted by molar-refractivity contribution is 5.81. The molecule has 20 heavy (non-hydrogen) atoms. The Morgan fingerprint density at radius 1 is 1.15 bits per heavy atom. The summed E-state index contributed by atoms with van der Waals surface area (Å²) >= 11 is 0. The lowest BCUT2D eigenvalue weighted by Gasteiger charge is -2.40. The van der Waals surface area contributed by atoms with E-state index < -0.39 is 5.79 Å². The van der Waals surface area contributed by atoms with Crippen molar-refractivity contribution in [2.24, 2.45) is 5.73 Å². The molecule has 2 saturated heterocycles. The molecule has 2 N–H and O–H groups in total. The Bertz CT molecular complexity index is 461. The molecule has 0 saturated carbocycles. The van der Waals surface area contributed by atoms with Crippen molar-refractivity contribution in [3.63, 3.8) is 0 Å². The fraction of sp³-hybridized carbons (Fsp3) is 0.533. The van der Waals surface area contributed by atoms with Crippen molar-refractivity contribution >= 4 is 5.91 Å². The molecule has 0 aromatic heterocycles. The number of hydrogen-bond donors (Lipinski definition) is 1. The van der Waals surface area contributed by atoms with Crippen molar-refractivity contribution in [1.29, 1.82) is 0 Å². The van der Waals surface area contributed by atoms with Gasteiger partial charge in [-0.15, -0.1) is 0 Å². The number of likely N-dealkylation sites (tertiary alicyclic amines) is 1. The normalized spacial score (nSPS) is 23.8. The van der Waals surface area contributed by atoms with Crippen molar-refractivity contribution in [3.05, 3.63) is 35.9 Å². The molecule has 1 amide bonds. The maximum Gasteiger partial charge on any atom is 0.239 e. The number of ether oxygens (including phenoxy) is 2. The largest absolute Gasteiger partial charge is 0.368 e. The van der Waals surface area contributed by atoms with Crippen LogP contribution < -0.4 is 5.73 Å². The van der Waals surface area contributed by atoms with E-state index in [-0.39, 0.29) is 11.9 Å². The fourth-order valence-electron chi connectivity index (χ4n) is 3.10.